The molecule has 6 nitrogen and oxygen atoms in total. The number of carbonyl (C=O) groups is 2. The number of aryl methyl sites for hydroxylation is 1. The number of ether oxygens (including phenoxy) is 1. The summed E-state index contributed by atoms with van der Waals surface area (Å²) >= 11 is 0. The van der Waals surface area contributed by atoms with Gasteiger partial charge in [0.15, 0.2) is 0 Å². The number of hydrogen-bond acceptors (Lipinski definition) is 4. The number of hydrogen-bond donors (Lipinski definition) is 2. The third-order valence-electron chi connectivity index (χ3n) is 3.57. The van der Waals surface area contributed by atoms with Gasteiger partial charge in [0.1, 0.15) is 5.82 Å². The Balaban J connectivity index is 2.21. The summed E-state index contributed by atoms with van der Waals surface area (Å²) in [5.74, 6) is -1.07. The molecule has 1 heterocycles. The first-order chi connectivity index (χ1) is 11.5. The SMILES string of the molecule is Cc1cccc2c1NC(=O)C(OC(N)=O)N=C2c1cccc(F)c1. The number of rotatable bonds is 2. The molecule has 0 saturated heterocycles. The number of nitrogens with zero attached hydrogens (tertiary/aromatic N) is 1. The molecule has 1 aliphatic rings. The normalized spacial score (nSPS) is 16.5. The largest absolute Gasteiger partial charge is 0.414 e. The van der Waals surface area contributed by atoms with Gasteiger partial charge in [0.25, 0.3) is 12.1 Å². The minimum atomic E-state index is -1.45. The van der Waals surface area contributed by atoms with Gasteiger partial charge in [0.05, 0.1) is 11.4 Å². The highest BCUT2D eigenvalue weighted by molar-refractivity contribution is 6.20. The number of carbonyl (C=O) groups excluding carboxylic acids is 2. The van der Waals surface area contributed by atoms with Crippen molar-refractivity contribution in [2.75, 3.05) is 5.32 Å². The van der Waals surface area contributed by atoms with Crippen LogP contribution < -0.4 is 11.1 Å². The minimum Gasteiger partial charge on any atom is -0.414 e. The first-order valence-electron chi connectivity index (χ1n) is 7.16. The van der Waals surface area contributed by atoms with Gasteiger partial charge in [-0.25, -0.2) is 14.2 Å². The smallest absolute Gasteiger partial charge is 0.406 e. The first-order valence-corrected chi connectivity index (χ1v) is 7.16. The molecule has 24 heavy (non-hydrogen) atoms. The van der Waals surface area contributed by atoms with Gasteiger partial charge in [-0.2, -0.15) is 0 Å². The van der Waals surface area contributed by atoms with Crippen molar-refractivity contribution in [2.24, 2.45) is 10.7 Å². The summed E-state index contributed by atoms with van der Waals surface area (Å²) in [7, 11) is 0. The Morgan fingerprint density at radius 2 is 2.04 bits per heavy atom. The van der Waals surface area contributed by atoms with Crippen LogP contribution in [0.1, 0.15) is 16.7 Å². The maximum Gasteiger partial charge on any atom is 0.406 e. The summed E-state index contributed by atoms with van der Waals surface area (Å²) in [5.41, 5.74) is 7.72. The molecule has 1 aliphatic heterocycles. The van der Waals surface area contributed by atoms with E-state index < -0.39 is 24.0 Å². The molecule has 0 aliphatic carbocycles. The molecule has 0 fully saturated rings. The van der Waals surface area contributed by atoms with Crippen LogP contribution in [0.5, 0.6) is 0 Å². The zero-order valence-corrected chi connectivity index (χ0v) is 12.7. The van der Waals surface area contributed by atoms with E-state index in [0.29, 0.717) is 22.5 Å². The standard InChI is InChI=1S/C17H14FN3O3/c1-9-4-2-7-12-13(9)20-15(22)16(24-17(19)23)21-14(12)10-5-3-6-11(18)8-10/h2-8,16H,1H3,(H2,19,23)(H,20,22). The fourth-order valence-electron chi connectivity index (χ4n) is 2.52. The third-order valence-corrected chi connectivity index (χ3v) is 3.57. The number of amides is 2. The second kappa shape index (κ2) is 6.11. The average molecular weight is 327 g/mol. The topological polar surface area (TPSA) is 93.8 Å². The van der Waals surface area contributed by atoms with Crippen molar-refractivity contribution in [3.05, 3.63) is 65.0 Å². The molecule has 2 amide bonds. The van der Waals surface area contributed by atoms with E-state index in [-0.39, 0.29) is 0 Å². The summed E-state index contributed by atoms with van der Waals surface area (Å²) in [4.78, 5) is 27.5. The number of aliphatic imine (C=N–C) groups is 1. The van der Waals surface area contributed by atoms with Crippen LogP contribution >= 0.6 is 0 Å². The van der Waals surface area contributed by atoms with Crippen LogP contribution in [-0.2, 0) is 9.53 Å². The number of benzodiazepines with no additional fused rings is 1. The summed E-state index contributed by atoms with van der Waals surface area (Å²) < 4.78 is 18.4. The number of benzene rings is 2. The molecular formula is C17H14FN3O3. The fraction of sp³-hybridized carbons (Fsp3) is 0.118. The number of anilines is 1. The molecule has 3 rings (SSSR count). The van der Waals surface area contributed by atoms with Gasteiger partial charge in [0.2, 0.25) is 0 Å². The van der Waals surface area contributed by atoms with Gasteiger partial charge in [-0.3, -0.25) is 4.79 Å². The molecule has 2 aromatic carbocycles. The van der Waals surface area contributed by atoms with Gasteiger partial charge in [-0.1, -0.05) is 30.3 Å². The van der Waals surface area contributed by atoms with Gasteiger partial charge < -0.3 is 15.8 Å². The number of nitrogens with one attached hydrogen (secondary N) is 1. The number of halogens is 1. The van der Waals surface area contributed by atoms with Crippen LogP contribution in [0.25, 0.3) is 0 Å². The predicted molar refractivity (Wildman–Crippen MR) is 86.3 cm³/mol. The maximum absolute atomic E-state index is 13.6. The molecule has 0 aromatic heterocycles. The van der Waals surface area contributed by atoms with Gasteiger partial charge in [0, 0.05) is 11.1 Å². The van der Waals surface area contributed by atoms with Crippen molar-refractivity contribution in [3.63, 3.8) is 0 Å². The Morgan fingerprint density at radius 1 is 1.29 bits per heavy atom. The van der Waals surface area contributed by atoms with Crippen LogP contribution in [0.2, 0.25) is 0 Å². The van der Waals surface area contributed by atoms with Crippen LogP contribution in [0.4, 0.5) is 14.9 Å². The number of para-hydroxylation sites is 1. The Morgan fingerprint density at radius 3 is 2.75 bits per heavy atom. The minimum absolute atomic E-state index is 0.331. The molecule has 7 heteroatoms. The molecule has 0 bridgehead atoms. The summed E-state index contributed by atoms with van der Waals surface area (Å²) in [6.07, 6.45) is -2.58. The molecular weight excluding hydrogens is 313 g/mol. The number of primary amides is 1. The van der Waals surface area contributed by atoms with Crippen molar-refractivity contribution >= 4 is 23.4 Å². The van der Waals surface area contributed by atoms with E-state index in [1.807, 2.05) is 13.0 Å². The van der Waals surface area contributed by atoms with E-state index in [2.05, 4.69) is 10.3 Å². The number of fused-ring (bicyclic) bond motifs is 1. The van der Waals surface area contributed by atoms with E-state index in [9.17, 15) is 14.0 Å². The first kappa shape index (κ1) is 15.7. The molecule has 2 aromatic rings. The van der Waals surface area contributed by atoms with Crippen molar-refractivity contribution in [1.29, 1.82) is 0 Å². The third kappa shape index (κ3) is 2.96. The van der Waals surface area contributed by atoms with Crippen molar-refractivity contribution in [3.8, 4) is 0 Å². The molecule has 0 spiro atoms. The summed E-state index contributed by atoms with van der Waals surface area (Å²) in [5, 5.41) is 2.68. The second-order valence-electron chi connectivity index (χ2n) is 5.26. The van der Waals surface area contributed by atoms with E-state index in [1.165, 1.54) is 18.2 Å². The van der Waals surface area contributed by atoms with Gasteiger partial charge in [-0.05, 0) is 24.6 Å². The van der Waals surface area contributed by atoms with Crippen molar-refractivity contribution in [2.45, 2.75) is 13.2 Å². The molecule has 122 valence electrons. The quantitative estimate of drug-likeness (QED) is 0.886. The van der Waals surface area contributed by atoms with Crippen LogP contribution in [0.3, 0.4) is 0 Å². The van der Waals surface area contributed by atoms with Crippen molar-refractivity contribution < 1.29 is 18.7 Å². The Kier molecular flexibility index (Phi) is 3.99. The maximum atomic E-state index is 13.6. The Bertz CT molecular complexity index is 864. The molecule has 0 saturated carbocycles. The lowest BCUT2D eigenvalue weighted by Crippen LogP contribution is -2.32. The van der Waals surface area contributed by atoms with E-state index in [1.54, 1.807) is 18.2 Å². The highest BCUT2D eigenvalue weighted by Gasteiger charge is 2.29. The second-order valence-corrected chi connectivity index (χ2v) is 5.26. The lowest BCUT2D eigenvalue weighted by atomic mass is 9.98. The lowest BCUT2D eigenvalue weighted by Gasteiger charge is -2.12. The fourth-order valence-corrected chi connectivity index (χ4v) is 2.52. The average Bonchev–Trinajstić information content (AvgIpc) is 2.66. The molecule has 3 N–H and O–H groups in total. The Hall–Kier alpha value is -3.22. The summed E-state index contributed by atoms with van der Waals surface area (Å²) in [6.45, 7) is 1.82. The van der Waals surface area contributed by atoms with Gasteiger partial charge >= 0.3 is 6.09 Å². The van der Waals surface area contributed by atoms with Crippen molar-refractivity contribution in [1.82, 2.24) is 0 Å². The van der Waals surface area contributed by atoms with Crippen LogP contribution in [0, 0.1) is 12.7 Å². The zero-order chi connectivity index (χ0) is 17.3. The number of nitrogens with two attached hydrogens (primary N) is 1. The van der Waals surface area contributed by atoms with Crippen LogP contribution in [-0.4, -0.2) is 23.9 Å². The van der Waals surface area contributed by atoms with E-state index in [0.717, 1.165) is 5.56 Å². The molecule has 1 unspecified atom stereocenters. The lowest BCUT2D eigenvalue weighted by molar-refractivity contribution is -0.123. The summed E-state index contributed by atoms with van der Waals surface area (Å²) in [6, 6.07) is 11.2. The van der Waals surface area contributed by atoms with Crippen LogP contribution in [0.15, 0.2) is 47.5 Å². The molecule has 0 radical (unpaired) electrons. The zero-order valence-electron chi connectivity index (χ0n) is 12.7. The van der Waals surface area contributed by atoms with Gasteiger partial charge in [-0.15, -0.1) is 0 Å². The predicted octanol–water partition coefficient (Wildman–Crippen LogP) is 2.35. The highest BCUT2D eigenvalue weighted by atomic mass is 19.1. The monoisotopic (exact) mass is 327 g/mol. The van der Waals surface area contributed by atoms with E-state index >= 15 is 0 Å². The highest BCUT2D eigenvalue weighted by Crippen LogP contribution is 2.27. The molecule has 1 atom stereocenters. The van der Waals surface area contributed by atoms with E-state index in [4.69, 9.17) is 10.5 Å². The Labute approximate surface area is 137 Å².